The number of aliphatic hydroxyl groups excluding tert-OH is 1. The van der Waals surface area contributed by atoms with Gasteiger partial charge in [-0.3, -0.25) is 4.79 Å². The molecule has 0 bridgehead atoms. The van der Waals surface area contributed by atoms with Crippen LogP contribution in [0.3, 0.4) is 0 Å². The molecule has 0 aliphatic heterocycles. The van der Waals surface area contributed by atoms with Gasteiger partial charge in [0.05, 0.1) is 0 Å². The van der Waals surface area contributed by atoms with Crippen LogP contribution in [0.25, 0.3) is 0 Å². The summed E-state index contributed by atoms with van der Waals surface area (Å²) in [6.45, 7) is 7.28. The van der Waals surface area contributed by atoms with Gasteiger partial charge in [-0.1, -0.05) is 20.3 Å². The SMILES string of the molecule is CCCCN(C(=O)CCCO)C(C)CC. The lowest BCUT2D eigenvalue weighted by Crippen LogP contribution is -2.39. The highest BCUT2D eigenvalue weighted by molar-refractivity contribution is 5.76. The molecule has 0 aromatic heterocycles. The summed E-state index contributed by atoms with van der Waals surface area (Å²) in [7, 11) is 0. The van der Waals surface area contributed by atoms with Crippen molar-refractivity contribution in [2.45, 2.75) is 58.9 Å². The maximum absolute atomic E-state index is 11.8. The fourth-order valence-corrected chi connectivity index (χ4v) is 1.51. The van der Waals surface area contributed by atoms with E-state index in [2.05, 4.69) is 20.8 Å². The number of unbranched alkanes of at least 4 members (excludes halogenated alkanes) is 1. The van der Waals surface area contributed by atoms with Gasteiger partial charge in [0.15, 0.2) is 0 Å². The van der Waals surface area contributed by atoms with E-state index in [1.807, 2.05) is 4.90 Å². The molecule has 3 nitrogen and oxygen atoms in total. The van der Waals surface area contributed by atoms with Gasteiger partial charge in [-0.25, -0.2) is 0 Å². The molecule has 0 saturated carbocycles. The van der Waals surface area contributed by atoms with Gasteiger partial charge in [0.1, 0.15) is 0 Å². The molecule has 1 amide bonds. The number of amides is 1. The monoisotopic (exact) mass is 215 g/mol. The molecule has 0 aromatic carbocycles. The van der Waals surface area contributed by atoms with E-state index >= 15 is 0 Å². The molecule has 0 fully saturated rings. The van der Waals surface area contributed by atoms with E-state index in [1.54, 1.807) is 0 Å². The first-order valence-electron chi connectivity index (χ1n) is 6.07. The Morgan fingerprint density at radius 3 is 2.47 bits per heavy atom. The van der Waals surface area contributed by atoms with Gasteiger partial charge in [0.25, 0.3) is 0 Å². The summed E-state index contributed by atoms with van der Waals surface area (Å²) in [5.41, 5.74) is 0. The molecule has 15 heavy (non-hydrogen) atoms. The molecule has 1 atom stereocenters. The van der Waals surface area contributed by atoms with Crippen molar-refractivity contribution in [1.29, 1.82) is 0 Å². The topological polar surface area (TPSA) is 40.5 Å². The van der Waals surface area contributed by atoms with Gasteiger partial charge < -0.3 is 10.0 Å². The molecular formula is C12H25NO2. The van der Waals surface area contributed by atoms with Gasteiger partial charge in [0.2, 0.25) is 5.91 Å². The number of carbonyl (C=O) groups excluding carboxylic acids is 1. The third-order valence-corrected chi connectivity index (χ3v) is 2.74. The molecule has 1 unspecified atom stereocenters. The van der Waals surface area contributed by atoms with E-state index in [0.29, 0.717) is 18.9 Å². The number of hydrogen-bond donors (Lipinski definition) is 1. The van der Waals surface area contributed by atoms with Crippen molar-refractivity contribution in [2.75, 3.05) is 13.2 Å². The highest BCUT2D eigenvalue weighted by Gasteiger charge is 2.17. The zero-order chi connectivity index (χ0) is 11.7. The number of hydrogen-bond acceptors (Lipinski definition) is 2. The zero-order valence-electron chi connectivity index (χ0n) is 10.3. The lowest BCUT2D eigenvalue weighted by molar-refractivity contribution is -0.133. The van der Waals surface area contributed by atoms with Crippen molar-refractivity contribution in [3.8, 4) is 0 Å². The summed E-state index contributed by atoms with van der Waals surface area (Å²) in [6.07, 6.45) is 4.23. The molecule has 0 saturated heterocycles. The molecule has 0 rings (SSSR count). The Morgan fingerprint density at radius 1 is 1.33 bits per heavy atom. The molecule has 0 heterocycles. The number of nitrogens with zero attached hydrogens (tertiary/aromatic N) is 1. The van der Waals surface area contributed by atoms with E-state index in [0.717, 1.165) is 25.8 Å². The Morgan fingerprint density at radius 2 is 2.00 bits per heavy atom. The smallest absolute Gasteiger partial charge is 0.222 e. The Hall–Kier alpha value is -0.570. The van der Waals surface area contributed by atoms with Crippen LogP contribution < -0.4 is 0 Å². The minimum atomic E-state index is 0.105. The second-order valence-electron chi connectivity index (χ2n) is 4.03. The summed E-state index contributed by atoms with van der Waals surface area (Å²) in [5, 5.41) is 8.70. The first kappa shape index (κ1) is 14.4. The molecule has 0 aliphatic carbocycles. The average Bonchev–Trinajstić information content (AvgIpc) is 2.26. The fraction of sp³-hybridized carbons (Fsp3) is 0.917. The first-order valence-corrected chi connectivity index (χ1v) is 6.07. The zero-order valence-corrected chi connectivity index (χ0v) is 10.3. The summed E-state index contributed by atoms with van der Waals surface area (Å²) < 4.78 is 0. The molecule has 0 aromatic rings. The lowest BCUT2D eigenvalue weighted by Gasteiger charge is -2.28. The Bertz CT molecular complexity index is 171. The van der Waals surface area contributed by atoms with Gasteiger partial charge >= 0.3 is 0 Å². The standard InChI is InChI=1S/C12H25NO2/c1-4-6-9-13(11(3)5-2)12(15)8-7-10-14/h11,14H,4-10H2,1-3H3. The molecule has 0 radical (unpaired) electrons. The predicted octanol–water partition coefficient (Wildman–Crippen LogP) is 2.19. The van der Waals surface area contributed by atoms with Crippen LogP contribution in [0.1, 0.15) is 52.9 Å². The third-order valence-electron chi connectivity index (χ3n) is 2.74. The molecule has 0 spiro atoms. The normalized spacial score (nSPS) is 12.5. The molecular weight excluding hydrogens is 190 g/mol. The maximum Gasteiger partial charge on any atom is 0.222 e. The van der Waals surface area contributed by atoms with Crippen molar-refractivity contribution in [1.82, 2.24) is 4.90 Å². The van der Waals surface area contributed by atoms with Crippen LogP contribution in [0.2, 0.25) is 0 Å². The highest BCUT2D eigenvalue weighted by atomic mass is 16.3. The van der Waals surface area contributed by atoms with E-state index in [1.165, 1.54) is 0 Å². The van der Waals surface area contributed by atoms with E-state index in [4.69, 9.17) is 5.11 Å². The van der Waals surface area contributed by atoms with Crippen molar-refractivity contribution in [3.05, 3.63) is 0 Å². The lowest BCUT2D eigenvalue weighted by atomic mass is 10.1. The summed E-state index contributed by atoms with van der Waals surface area (Å²) in [5.74, 6) is 0.187. The quantitative estimate of drug-likeness (QED) is 0.674. The molecule has 3 heteroatoms. The van der Waals surface area contributed by atoms with Crippen molar-refractivity contribution >= 4 is 5.91 Å². The summed E-state index contributed by atoms with van der Waals surface area (Å²) in [4.78, 5) is 13.8. The van der Waals surface area contributed by atoms with Crippen LogP contribution in [0.15, 0.2) is 0 Å². The molecule has 0 aliphatic rings. The molecule has 1 N–H and O–H groups in total. The van der Waals surface area contributed by atoms with Gasteiger partial charge in [-0.2, -0.15) is 0 Å². The second kappa shape index (κ2) is 8.72. The maximum atomic E-state index is 11.8. The first-order chi connectivity index (χ1) is 7.17. The average molecular weight is 215 g/mol. The van der Waals surface area contributed by atoms with Crippen molar-refractivity contribution in [2.24, 2.45) is 0 Å². The second-order valence-corrected chi connectivity index (χ2v) is 4.03. The van der Waals surface area contributed by atoms with Crippen LogP contribution in [0.5, 0.6) is 0 Å². The van der Waals surface area contributed by atoms with Gasteiger partial charge in [0, 0.05) is 25.6 Å². The van der Waals surface area contributed by atoms with E-state index < -0.39 is 0 Å². The third kappa shape index (κ3) is 5.78. The minimum absolute atomic E-state index is 0.105. The Kier molecular flexibility index (Phi) is 8.38. The van der Waals surface area contributed by atoms with E-state index in [-0.39, 0.29) is 12.5 Å². The largest absolute Gasteiger partial charge is 0.396 e. The Balaban J connectivity index is 4.14. The Labute approximate surface area is 93.5 Å². The summed E-state index contributed by atoms with van der Waals surface area (Å²) in [6, 6.07) is 0.322. The van der Waals surface area contributed by atoms with Crippen LogP contribution in [0.4, 0.5) is 0 Å². The number of aliphatic hydroxyl groups is 1. The highest BCUT2D eigenvalue weighted by Crippen LogP contribution is 2.08. The van der Waals surface area contributed by atoms with Crippen LogP contribution in [-0.4, -0.2) is 35.1 Å². The van der Waals surface area contributed by atoms with E-state index in [9.17, 15) is 4.79 Å². The number of rotatable bonds is 8. The van der Waals surface area contributed by atoms with Crippen LogP contribution in [0, 0.1) is 0 Å². The number of carbonyl (C=O) groups is 1. The van der Waals surface area contributed by atoms with Crippen molar-refractivity contribution < 1.29 is 9.90 Å². The van der Waals surface area contributed by atoms with Crippen LogP contribution in [-0.2, 0) is 4.79 Å². The van der Waals surface area contributed by atoms with Gasteiger partial charge in [-0.15, -0.1) is 0 Å². The van der Waals surface area contributed by atoms with Crippen LogP contribution >= 0.6 is 0 Å². The van der Waals surface area contributed by atoms with Gasteiger partial charge in [-0.05, 0) is 26.2 Å². The summed E-state index contributed by atoms with van der Waals surface area (Å²) >= 11 is 0. The van der Waals surface area contributed by atoms with Crippen molar-refractivity contribution in [3.63, 3.8) is 0 Å². The predicted molar refractivity (Wildman–Crippen MR) is 62.7 cm³/mol. The molecule has 90 valence electrons. The fourth-order valence-electron chi connectivity index (χ4n) is 1.51. The minimum Gasteiger partial charge on any atom is -0.396 e.